The van der Waals surface area contributed by atoms with E-state index in [2.05, 4.69) is 4.98 Å². The van der Waals surface area contributed by atoms with Crippen LogP contribution in [-0.2, 0) is 4.79 Å². The number of carboxylic acid groups (broad SMARTS) is 1. The molecule has 0 spiro atoms. The number of hydrogen-bond acceptors (Lipinski definition) is 3. The predicted molar refractivity (Wildman–Crippen MR) is 78.4 cm³/mol. The van der Waals surface area contributed by atoms with Crippen molar-refractivity contribution in [3.63, 3.8) is 0 Å². The molecule has 2 N–H and O–H groups in total. The first-order chi connectivity index (χ1) is 9.90. The molecule has 6 nitrogen and oxygen atoms in total. The van der Waals surface area contributed by atoms with Crippen LogP contribution < -0.4 is 5.56 Å². The summed E-state index contributed by atoms with van der Waals surface area (Å²) in [5.74, 6) is -1.60. The van der Waals surface area contributed by atoms with E-state index in [0.29, 0.717) is 10.8 Å². The number of fused-ring (bicyclic) bond motifs is 1. The Morgan fingerprint density at radius 3 is 2.57 bits per heavy atom. The maximum atomic E-state index is 12.4. The normalized spacial score (nSPS) is 10.8. The van der Waals surface area contributed by atoms with E-state index in [9.17, 15) is 14.4 Å². The third-order valence-corrected chi connectivity index (χ3v) is 3.17. The number of aromatic amines is 1. The zero-order chi connectivity index (χ0) is 15.6. The third-order valence-electron chi connectivity index (χ3n) is 3.17. The van der Waals surface area contributed by atoms with Gasteiger partial charge in [0.25, 0.3) is 11.5 Å². The Hall–Kier alpha value is -2.63. The molecule has 0 saturated carbocycles. The number of pyridine rings is 1. The van der Waals surface area contributed by atoms with Crippen LogP contribution in [0.25, 0.3) is 10.8 Å². The summed E-state index contributed by atoms with van der Waals surface area (Å²) in [5, 5.41) is 10.0. The Bertz CT molecular complexity index is 749. The van der Waals surface area contributed by atoms with Gasteiger partial charge in [0.1, 0.15) is 12.2 Å². The quantitative estimate of drug-likeness (QED) is 0.891. The van der Waals surface area contributed by atoms with Gasteiger partial charge in [0.05, 0.1) is 0 Å². The van der Waals surface area contributed by atoms with Crippen molar-refractivity contribution in [2.75, 3.05) is 6.54 Å². The molecule has 0 aliphatic rings. The lowest BCUT2D eigenvalue weighted by Crippen LogP contribution is -2.41. The van der Waals surface area contributed by atoms with Gasteiger partial charge in [-0.15, -0.1) is 0 Å². The molecule has 0 atom stereocenters. The second kappa shape index (κ2) is 5.78. The van der Waals surface area contributed by atoms with Gasteiger partial charge in [0.15, 0.2) is 0 Å². The molecule has 0 radical (unpaired) electrons. The zero-order valence-electron chi connectivity index (χ0n) is 11.8. The number of nitrogens with zero attached hydrogens (tertiary/aromatic N) is 1. The van der Waals surface area contributed by atoms with Crippen LogP contribution in [0.4, 0.5) is 0 Å². The number of benzene rings is 1. The Labute approximate surface area is 121 Å². The summed E-state index contributed by atoms with van der Waals surface area (Å²) in [5.41, 5.74) is -0.274. The number of hydrogen-bond donors (Lipinski definition) is 2. The first-order valence-corrected chi connectivity index (χ1v) is 6.55. The highest BCUT2D eigenvalue weighted by Gasteiger charge is 2.22. The van der Waals surface area contributed by atoms with Gasteiger partial charge < -0.3 is 15.0 Å². The number of aromatic nitrogens is 1. The molecular weight excluding hydrogens is 272 g/mol. The van der Waals surface area contributed by atoms with E-state index in [4.69, 9.17) is 5.11 Å². The van der Waals surface area contributed by atoms with Gasteiger partial charge in [0, 0.05) is 11.4 Å². The van der Waals surface area contributed by atoms with Crippen molar-refractivity contribution in [1.29, 1.82) is 0 Å². The second-order valence-corrected chi connectivity index (χ2v) is 5.02. The van der Waals surface area contributed by atoms with E-state index in [0.717, 1.165) is 0 Å². The number of nitrogens with one attached hydrogen (secondary N) is 1. The van der Waals surface area contributed by atoms with Crippen LogP contribution in [-0.4, -0.2) is 39.5 Å². The molecular formula is C15H16N2O4. The summed E-state index contributed by atoms with van der Waals surface area (Å²) in [4.78, 5) is 39.0. The lowest BCUT2D eigenvalue weighted by Gasteiger charge is -2.24. The number of amides is 1. The largest absolute Gasteiger partial charge is 0.480 e. The summed E-state index contributed by atoms with van der Waals surface area (Å²) >= 11 is 0. The Balaban J connectivity index is 2.47. The number of carbonyl (C=O) groups excluding carboxylic acids is 1. The van der Waals surface area contributed by atoms with Crippen molar-refractivity contribution in [3.8, 4) is 0 Å². The van der Waals surface area contributed by atoms with Crippen LogP contribution in [0.5, 0.6) is 0 Å². The SMILES string of the molecule is CC(C)N(CC(=O)O)C(=O)c1cc2ccccc2c(=O)[nH]1. The molecule has 2 rings (SSSR count). The summed E-state index contributed by atoms with van der Waals surface area (Å²) in [6.07, 6.45) is 0. The van der Waals surface area contributed by atoms with Crippen molar-refractivity contribution in [2.24, 2.45) is 0 Å². The van der Waals surface area contributed by atoms with Crippen molar-refractivity contribution in [1.82, 2.24) is 9.88 Å². The molecule has 0 bridgehead atoms. The van der Waals surface area contributed by atoms with Crippen molar-refractivity contribution >= 4 is 22.6 Å². The highest BCUT2D eigenvalue weighted by atomic mass is 16.4. The van der Waals surface area contributed by atoms with Crippen LogP contribution in [0.1, 0.15) is 24.3 Å². The van der Waals surface area contributed by atoms with Crippen LogP contribution in [0.2, 0.25) is 0 Å². The standard InChI is InChI=1S/C15H16N2O4/c1-9(2)17(8-13(18)19)15(21)12-7-10-5-3-4-6-11(10)14(20)16-12/h3-7,9H,8H2,1-2H3,(H,16,20)(H,18,19). The maximum Gasteiger partial charge on any atom is 0.323 e. The van der Waals surface area contributed by atoms with Crippen molar-refractivity contribution in [3.05, 3.63) is 46.4 Å². The van der Waals surface area contributed by atoms with E-state index in [1.54, 1.807) is 44.2 Å². The molecule has 110 valence electrons. The number of H-pyrrole nitrogens is 1. The minimum absolute atomic E-state index is 0.0913. The molecule has 0 fully saturated rings. The second-order valence-electron chi connectivity index (χ2n) is 5.02. The van der Waals surface area contributed by atoms with E-state index in [1.165, 1.54) is 4.90 Å². The fraction of sp³-hybridized carbons (Fsp3) is 0.267. The van der Waals surface area contributed by atoms with E-state index < -0.39 is 18.4 Å². The average Bonchev–Trinajstić information content (AvgIpc) is 2.43. The third kappa shape index (κ3) is 3.10. The van der Waals surface area contributed by atoms with Crippen molar-refractivity contribution < 1.29 is 14.7 Å². The molecule has 2 aromatic rings. The zero-order valence-corrected chi connectivity index (χ0v) is 11.8. The first-order valence-electron chi connectivity index (χ1n) is 6.55. The molecule has 0 saturated heterocycles. The molecule has 0 aliphatic heterocycles. The van der Waals surface area contributed by atoms with Gasteiger partial charge in [-0.1, -0.05) is 18.2 Å². The number of carboxylic acids is 1. The number of rotatable bonds is 4. The van der Waals surface area contributed by atoms with Gasteiger partial charge in [-0.05, 0) is 31.4 Å². The van der Waals surface area contributed by atoms with Gasteiger partial charge in [-0.3, -0.25) is 14.4 Å². The van der Waals surface area contributed by atoms with Gasteiger partial charge in [-0.25, -0.2) is 0 Å². The summed E-state index contributed by atoms with van der Waals surface area (Å²) < 4.78 is 0. The highest BCUT2D eigenvalue weighted by molar-refractivity contribution is 5.97. The maximum absolute atomic E-state index is 12.4. The molecule has 1 aromatic carbocycles. The van der Waals surface area contributed by atoms with E-state index in [-0.39, 0.29) is 17.3 Å². The smallest absolute Gasteiger partial charge is 0.323 e. The predicted octanol–water partition coefficient (Wildman–Crippen LogP) is 1.46. The Morgan fingerprint density at radius 1 is 1.29 bits per heavy atom. The molecule has 1 aromatic heterocycles. The Kier molecular flexibility index (Phi) is 4.07. The molecule has 1 amide bonds. The summed E-state index contributed by atoms with van der Waals surface area (Å²) in [6, 6.07) is 8.19. The van der Waals surface area contributed by atoms with Crippen LogP contribution in [0.15, 0.2) is 35.1 Å². The topological polar surface area (TPSA) is 90.5 Å². The van der Waals surface area contributed by atoms with E-state index in [1.807, 2.05) is 0 Å². The summed E-state index contributed by atoms with van der Waals surface area (Å²) in [7, 11) is 0. The number of carbonyl (C=O) groups is 2. The first kappa shape index (κ1) is 14.8. The molecule has 21 heavy (non-hydrogen) atoms. The van der Waals surface area contributed by atoms with Crippen molar-refractivity contribution in [2.45, 2.75) is 19.9 Å². The Morgan fingerprint density at radius 2 is 1.95 bits per heavy atom. The van der Waals surface area contributed by atoms with Gasteiger partial charge >= 0.3 is 5.97 Å². The van der Waals surface area contributed by atoms with Crippen LogP contribution in [0.3, 0.4) is 0 Å². The lowest BCUT2D eigenvalue weighted by atomic mass is 10.1. The average molecular weight is 288 g/mol. The van der Waals surface area contributed by atoms with E-state index >= 15 is 0 Å². The minimum atomic E-state index is -1.10. The number of aliphatic carboxylic acids is 1. The fourth-order valence-electron chi connectivity index (χ4n) is 2.12. The molecule has 0 aliphatic carbocycles. The van der Waals surface area contributed by atoms with Gasteiger partial charge in [-0.2, -0.15) is 0 Å². The lowest BCUT2D eigenvalue weighted by molar-refractivity contribution is -0.138. The summed E-state index contributed by atoms with van der Waals surface area (Å²) in [6.45, 7) is 3.03. The molecule has 0 unspecified atom stereocenters. The highest BCUT2D eigenvalue weighted by Crippen LogP contribution is 2.12. The van der Waals surface area contributed by atoms with Gasteiger partial charge in [0.2, 0.25) is 0 Å². The van der Waals surface area contributed by atoms with Crippen LogP contribution in [0, 0.1) is 0 Å². The monoisotopic (exact) mass is 288 g/mol. The molecule has 6 heteroatoms. The van der Waals surface area contributed by atoms with Crippen LogP contribution >= 0.6 is 0 Å². The molecule has 1 heterocycles. The minimum Gasteiger partial charge on any atom is -0.480 e. The fourth-order valence-corrected chi connectivity index (χ4v) is 2.12.